The van der Waals surface area contributed by atoms with E-state index in [1.165, 1.54) is 0 Å². The summed E-state index contributed by atoms with van der Waals surface area (Å²) in [6.07, 6.45) is 1.44. The van der Waals surface area contributed by atoms with Crippen LogP contribution in [0.5, 0.6) is 0 Å². The molecule has 0 unspecified atom stereocenters. The fraction of sp³-hybridized carbons (Fsp3) is 0.391. The van der Waals surface area contributed by atoms with Crippen molar-refractivity contribution in [1.29, 1.82) is 0 Å². The number of likely N-dealkylation sites (tertiary alicyclic amines) is 1. The second kappa shape index (κ2) is 6.97. The van der Waals surface area contributed by atoms with Crippen LogP contribution in [0.15, 0.2) is 42.5 Å². The number of piperidine rings is 1. The van der Waals surface area contributed by atoms with Gasteiger partial charge in [-0.05, 0) is 45.0 Å². The summed E-state index contributed by atoms with van der Waals surface area (Å²) in [5, 5.41) is 3.27. The van der Waals surface area contributed by atoms with E-state index in [1.54, 1.807) is 0 Å². The van der Waals surface area contributed by atoms with Gasteiger partial charge in [0.25, 0.3) is 11.8 Å². The number of nitrogens with one attached hydrogen (secondary N) is 1. The van der Waals surface area contributed by atoms with Gasteiger partial charge in [-0.3, -0.25) is 9.59 Å². The van der Waals surface area contributed by atoms with Gasteiger partial charge in [0.05, 0.1) is 11.3 Å². The fourth-order valence-corrected chi connectivity index (χ4v) is 4.47. The molecule has 5 heteroatoms. The Kier molecular flexibility index (Phi) is 4.61. The second-order valence-electron chi connectivity index (χ2n) is 7.91. The summed E-state index contributed by atoms with van der Waals surface area (Å²) < 4.78 is 0. The third-order valence-corrected chi connectivity index (χ3v) is 6.04. The highest BCUT2D eigenvalue weighted by molar-refractivity contribution is 6.03. The smallest absolute Gasteiger partial charge is 0.255 e. The minimum atomic E-state index is -0.419. The summed E-state index contributed by atoms with van der Waals surface area (Å²) in [4.78, 5) is 29.9. The lowest BCUT2D eigenvalue weighted by Gasteiger charge is -2.52. The maximum absolute atomic E-state index is 12.9. The Labute approximate surface area is 166 Å². The normalized spacial score (nSPS) is 18.0. The van der Waals surface area contributed by atoms with Crippen molar-refractivity contribution >= 4 is 17.5 Å². The van der Waals surface area contributed by atoms with Gasteiger partial charge in [0, 0.05) is 38.0 Å². The quantitative estimate of drug-likeness (QED) is 0.871. The fourth-order valence-electron chi connectivity index (χ4n) is 4.47. The standard InChI is InChI=1S/C23H27N3O2/c1-4-26-20-10-7-17(3)15-19(20)21(27)24-23(26)11-13-25(14-12-23)22(28)18-8-5-16(2)6-9-18/h5-10,15H,4,11-14H2,1-3H3,(H,24,27). The van der Waals surface area contributed by atoms with E-state index >= 15 is 0 Å². The average Bonchev–Trinajstić information content (AvgIpc) is 2.69. The molecule has 0 saturated carbocycles. The molecule has 0 radical (unpaired) electrons. The minimum absolute atomic E-state index is 0.0123. The molecule has 2 aliphatic rings. The Balaban J connectivity index is 1.56. The molecule has 1 fully saturated rings. The Morgan fingerprint density at radius 2 is 1.68 bits per heavy atom. The number of nitrogens with zero attached hydrogens (tertiary/aromatic N) is 2. The first-order valence-corrected chi connectivity index (χ1v) is 10.0. The molecule has 5 nitrogen and oxygen atoms in total. The molecule has 0 aliphatic carbocycles. The van der Waals surface area contributed by atoms with Gasteiger partial charge in [0.2, 0.25) is 0 Å². The van der Waals surface area contributed by atoms with Gasteiger partial charge < -0.3 is 15.1 Å². The van der Waals surface area contributed by atoms with Crippen LogP contribution < -0.4 is 10.2 Å². The molecule has 28 heavy (non-hydrogen) atoms. The molecule has 1 N–H and O–H groups in total. The van der Waals surface area contributed by atoms with E-state index in [0.29, 0.717) is 13.1 Å². The molecule has 2 amide bonds. The summed E-state index contributed by atoms with van der Waals surface area (Å²) in [5.41, 5.74) is 4.27. The van der Waals surface area contributed by atoms with Crippen LogP contribution >= 0.6 is 0 Å². The Hall–Kier alpha value is -2.82. The van der Waals surface area contributed by atoms with Crippen LogP contribution in [0.4, 0.5) is 5.69 Å². The first-order chi connectivity index (χ1) is 13.4. The van der Waals surface area contributed by atoms with Crippen molar-refractivity contribution in [2.24, 2.45) is 0 Å². The van der Waals surface area contributed by atoms with Gasteiger partial charge in [0.15, 0.2) is 0 Å². The lowest BCUT2D eigenvalue weighted by atomic mass is 9.89. The third-order valence-electron chi connectivity index (χ3n) is 6.04. The summed E-state index contributed by atoms with van der Waals surface area (Å²) >= 11 is 0. The van der Waals surface area contributed by atoms with Crippen LogP contribution in [0.2, 0.25) is 0 Å². The van der Waals surface area contributed by atoms with Gasteiger partial charge in [-0.1, -0.05) is 29.3 Å². The SMILES string of the molecule is CCN1c2ccc(C)cc2C(=O)NC12CCN(C(=O)c1ccc(C)cc1)CC2. The zero-order valence-corrected chi connectivity index (χ0v) is 16.8. The lowest BCUT2D eigenvalue weighted by molar-refractivity contribution is 0.0603. The van der Waals surface area contributed by atoms with Crippen molar-refractivity contribution in [3.63, 3.8) is 0 Å². The van der Waals surface area contributed by atoms with Crippen LogP contribution in [-0.2, 0) is 0 Å². The average molecular weight is 377 g/mol. The molecule has 0 aromatic heterocycles. The number of anilines is 1. The molecule has 0 atom stereocenters. The van der Waals surface area contributed by atoms with Crippen molar-refractivity contribution in [2.75, 3.05) is 24.5 Å². The largest absolute Gasteiger partial charge is 0.348 e. The lowest BCUT2D eigenvalue weighted by Crippen LogP contribution is -2.68. The maximum atomic E-state index is 12.9. The summed E-state index contributed by atoms with van der Waals surface area (Å²) in [5.74, 6) is 0.0535. The van der Waals surface area contributed by atoms with Gasteiger partial charge in [-0.25, -0.2) is 0 Å². The molecule has 4 rings (SSSR count). The highest BCUT2D eigenvalue weighted by Crippen LogP contribution is 2.37. The number of hydrogen-bond donors (Lipinski definition) is 1. The molecule has 0 bridgehead atoms. The van der Waals surface area contributed by atoms with E-state index in [-0.39, 0.29) is 11.8 Å². The summed E-state index contributed by atoms with van der Waals surface area (Å²) in [6.45, 7) is 8.21. The Bertz CT molecular complexity index is 912. The maximum Gasteiger partial charge on any atom is 0.255 e. The van der Waals surface area contributed by atoms with Crippen molar-refractivity contribution in [3.8, 4) is 0 Å². The number of benzene rings is 2. The monoisotopic (exact) mass is 377 g/mol. The van der Waals surface area contributed by atoms with Crippen molar-refractivity contribution in [1.82, 2.24) is 10.2 Å². The number of fused-ring (bicyclic) bond motifs is 1. The molecular formula is C23H27N3O2. The highest BCUT2D eigenvalue weighted by Gasteiger charge is 2.45. The van der Waals surface area contributed by atoms with Crippen molar-refractivity contribution in [2.45, 2.75) is 39.3 Å². The minimum Gasteiger partial charge on any atom is -0.348 e. The van der Waals surface area contributed by atoms with Crippen LogP contribution in [-0.4, -0.2) is 42.0 Å². The highest BCUT2D eigenvalue weighted by atomic mass is 16.2. The van der Waals surface area contributed by atoms with Crippen molar-refractivity contribution in [3.05, 3.63) is 64.7 Å². The summed E-state index contributed by atoms with van der Waals surface area (Å²) in [6, 6.07) is 13.8. The van der Waals surface area contributed by atoms with E-state index in [9.17, 15) is 9.59 Å². The van der Waals surface area contributed by atoms with Crippen molar-refractivity contribution < 1.29 is 9.59 Å². The number of amides is 2. The second-order valence-corrected chi connectivity index (χ2v) is 7.91. The van der Waals surface area contributed by atoms with Crippen LogP contribution in [0.1, 0.15) is 51.6 Å². The zero-order chi connectivity index (χ0) is 19.9. The van der Waals surface area contributed by atoms with Gasteiger partial charge >= 0.3 is 0 Å². The zero-order valence-electron chi connectivity index (χ0n) is 16.8. The predicted molar refractivity (Wildman–Crippen MR) is 111 cm³/mol. The van der Waals surface area contributed by atoms with Gasteiger partial charge in [-0.15, -0.1) is 0 Å². The van der Waals surface area contributed by atoms with Gasteiger partial charge in [0.1, 0.15) is 5.66 Å². The van der Waals surface area contributed by atoms with E-state index in [4.69, 9.17) is 0 Å². The van der Waals surface area contributed by atoms with E-state index in [0.717, 1.165) is 47.3 Å². The number of carbonyl (C=O) groups is 2. The molecular weight excluding hydrogens is 350 g/mol. The molecule has 2 aromatic rings. The topological polar surface area (TPSA) is 52.7 Å². The molecule has 146 valence electrons. The first kappa shape index (κ1) is 18.5. The summed E-state index contributed by atoms with van der Waals surface area (Å²) in [7, 11) is 0. The molecule has 1 saturated heterocycles. The van der Waals surface area contributed by atoms with E-state index in [1.807, 2.05) is 49.1 Å². The number of hydrogen-bond acceptors (Lipinski definition) is 3. The van der Waals surface area contributed by atoms with Crippen LogP contribution in [0, 0.1) is 13.8 Å². The molecule has 2 heterocycles. The van der Waals surface area contributed by atoms with Gasteiger partial charge in [-0.2, -0.15) is 0 Å². The Morgan fingerprint density at radius 1 is 1.04 bits per heavy atom. The molecule has 1 spiro atoms. The number of carbonyl (C=O) groups excluding carboxylic acids is 2. The predicted octanol–water partition coefficient (Wildman–Crippen LogP) is 3.51. The Morgan fingerprint density at radius 3 is 2.32 bits per heavy atom. The molecule has 2 aliphatic heterocycles. The van der Waals surface area contributed by atoms with E-state index in [2.05, 4.69) is 29.3 Å². The van der Waals surface area contributed by atoms with Crippen LogP contribution in [0.25, 0.3) is 0 Å². The van der Waals surface area contributed by atoms with Crippen LogP contribution in [0.3, 0.4) is 0 Å². The number of aryl methyl sites for hydroxylation is 2. The third kappa shape index (κ3) is 3.05. The first-order valence-electron chi connectivity index (χ1n) is 10.0. The molecule has 2 aromatic carbocycles. The van der Waals surface area contributed by atoms with E-state index < -0.39 is 5.66 Å². The number of rotatable bonds is 2.